The van der Waals surface area contributed by atoms with E-state index in [1.54, 1.807) is 0 Å². The van der Waals surface area contributed by atoms with E-state index in [1.807, 2.05) is 0 Å². The van der Waals surface area contributed by atoms with Gasteiger partial charge in [0.25, 0.3) is 0 Å². The van der Waals surface area contributed by atoms with Gasteiger partial charge in [0.05, 0.1) is 0 Å². The van der Waals surface area contributed by atoms with Crippen molar-refractivity contribution in [1.29, 1.82) is 0 Å². The third kappa shape index (κ3) is 2.68. The average molecular weight is 289 g/mol. The maximum absolute atomic E-state index is 6.10. The summed E-state index contributed by atoms with van der Waals surface area (Å²) in [7, 11) is 0. The molecule has 0 aromatic heterocycles. The van der Waals surface area contributed by atoms with Crippen molar-refractivity contribution in [1.82, 2.24) is 0 Å². The van der Waals surface area contributed by atoms with E-state index < -0.39 is 0 Å². The second-order valence-corrected chi connectivity index (χ2v) is 5.02. The van der Waals surface area contributed by atoms with Gasteiger partial charge in [0.2, 0.25) is 0 Å². The first-order chi connectivity index (χ1) is 6.02. The molecule has 0 amide bonds. The molecular formula is C11H16IN. The summed E-state index contributed by atoms with van der Waals surface area (Å²) in [5.74, 6) is 0.497. The fraction of sp³-hybridized carbons (Fsp3) is 0.455. The van der Waals surface area contributed by atoms with Crippen LogP contribution in [0.25, 0.3) is 0 Å². The number of rotatable bonds is 2. The van der Waals surface area contributed by atoms with Crippen LogP contribution in [0.2, 0.25) is 0 Å². The normalized spacial score (nSPS) is 13.4. The van der Waals surface area contributed by atoms with Gasteiger partial charge in [-0.1, -0.05) is 19.9 Å². The van der Waals surface area contributed by atoms with Gasteiger partial charge in [0, 0.05) is 9.61 Å². The molecule has 0 spiro atoms. The van der Waals surface area contributed by atoms with Gasteiger partial charge in [-0.15, -0.1) is 0 Å². The fourth-order valence-corrected chi connectivity index (χ4v) is 1.84. The van der Waals surface area contributed by atoms with E-state index in [2.05, 4.69) is 61.6 Å². The van der Waals surface area contributed by atoms with Crippen LogP contribution in [0.3, 0.4) is 0 Å². The molecule has 0 fully saturated rings. The van der Waals surface area contributed by atoms with Crippen LogP contribution < -0.4 is 5.73 Å². The van der Waals surface area contributed by atoms with Crippen LogP contribution >= 0.6 is 22.6 Å². The van der Waals surface area contributed by atoms with Crippen molar-refractivity contribution in [3.63, 3.8) is 0 Å². The third-order valence-electron chi connectivity index (χ3n) is 2.32. The van der Waals surface area contributed by atoms with E-state index in [-0.39, 0.29) is 6.04 Å². The number of benzene rings is 1. The summed E-state index contributed by atoms with van der Waals surface area (Å²) in [6.45, 7) is 6.43. The van der Waals surface area contributed by atoms with E-state index in [0.717, 1.165) is 0 Å². The third-order valence-corrected chi connectivity index (χ3v) is 2.99. The number of hydrogen-bond donors (Lipinski definition) is 1. The van der Waals surface area contributed by atoms with Crippen LogP contribution in [0.4, 0.5) is 0 Å². The average Bonchev–Trinajstić information content (AvgIpc) is 2.08. The Morgan fingerprint density at radius 1 is 1.31 bits per heavy atom. The molecule has 0 bridgehead atoms. The van der Waals surface area contributed by atoms with E-state index >= 15 is 0 Å². The lowest BCUT2D eigenvalue weighted by Gasteiger charge is -2.18. The molecule has 0 aliphatic rings. The van der Waals surface area contributed by atoms with Gasteiger partial charge in [-0.3, -0.25) is 0 Å². The molecule has 0 saturated carbocycles. The van der Waals surface area contributed by atoms with Crippen molar-refractivity contribution >= 4 is 22.6 Å². The highest BCUT2D eigenvalue weighted by atomic mass is 127. The van der Waals surface area contributed by atoms with Crippen LogP contribution in [0, 0.1) is 16.4 Å². The number of halogens is 1. The molecule has 1 aromatic carbocycles. The Morgan fingerprint density at radius 3 is 2.46 bits per heavy atom. The first-order valence-corrected chi connectivity index (χ1v) is 5.62. The van der Waals surface area contributed by atoms with Crippen LogP contribution in [0.5, 0.6) is 0 Å². The number of hydrogen-bond acceptors (Lipinski definition) is 1. The molecule has 1 aromatic rings. The Morgan fingerprint density at radius 2 is 1.92 bits per heavy atom. The first kappa shape index (κ1) is 11.0. The summed E-state index contributed by atoms with van der Waals surface area (Å²) in [5.41, 5.74) is 8.68. The molecule has 0 aliphatic heterocycles. The Labute approximate surface area is 93.9 Å². The van der Waals surface area contributed by atoms with E-state index in [9.17, 15) is 0 Å². The fourth-order valence-electron chi connectivity index (χ4n) is 1.33. The first-order valence-electron chi connectivity index (χ1n) is 4.54. The minimum absolute atomic E-state index is 0.162. The van der Waals surface area contributed by atoms with Crippen LogP contribution in [0.1, 0.15) is 31.0 Å². The molecule has 0 aliphatic carbocycles. The minimum atomic E-state index is 0.162. The molecule has 1 rings (SSSR count). The second kappa shape index (κ2) is 4.42. The quantitative estimate of drug-likeness (QED) is 0.831. The van der Waals surface area contributed by atoms with Gasteiger partial charge in [0.15, 0.2) is 0 Å². The number of nitrogens with two attached hydrogens (primary N) is 1. The van der Waals surface area contributed by atoms with E-state index in [4.69, 9.17) is 5.73 Å². The Hall–Kier alpha value is -0.0900. The Balaban J connectivity index is 3.05. The standard InChI is InChI=1S/C11H16IN/c1-7(2)11(13)10-6-9(12)5-4-8(10)3/h4-7,11H,13H2,1-3H3. The highest BCUT2D eigenvalue weighted by Crippen LogP contribution is 2.23. The zero-order valence-corrected chi connectivity index (χ0v) is 10.5. The Kier molecular flexibility index (Phi) is 3.74. The molecule has 13 heavy (non-hydrogen) atoms. The van der Waals surface area contributed by atoms with Crippen molar-refractivity contribution in [2.45, 2.75) is 26.8 Å². The zero-order chi connectivity index (χ0) is 10.0. The maximum Gasteiger partial charge on any atom is 0.0321 e. The molecule has 72 valence electrons. The Bertz CT molecular complexity index is 294. The summed E-state index contributed by atoms with van der Waals surface area (Å²) in [5, 5.41) is 0. The van der Waals surface area contributed by atoms with Crippen molar-refractivity contribution in [3.8, 4) is 0 Å². The van der Waals surface area contributed by atoms with Crippen molar-refractivity contribution < 1.29 is 0 Å². The summed E-state index contributed by atoms with van der Waals surface area (Å²) in [4.78, 5) is 0. The van der Waals surface area contributed by atoms with Gasteiger partial charge < -0.3 is 5.73 Å². The lowest BCUT2D eigenvalue weighted by molar-refractivity contribution is 0.512. The maximum atomic E-state index is 6.10. The van der Waals surface area contributed by atoms with Gasteiger partial charge in [-0.25, -0.2) is 0 Å². The van der Waals surface area contributed by atoms with E-state index in [0.29, 0.717) is 5.92 Å². The molecule has 1 unspecified atom stereocenters. The van der Waals surface area contributed by atoms with Crippen LogP contribution in [-0.4, -0.2) is 0 Å². The lowest BCUT2D eigenvalue weighted by Crippen LogP contribution is -2.17. The topological polar surface area (TPSA) is 26.0 Å². The molecule has 1 nitrogen and oxygen atoms in total. The van der Waals surface area contributed by atoms with Crippen LogP contribution in [0.15, 0.2) is 18.2 Å². The molecule has 0 saturated heterocycles. The highest BCUT2D eigenvalue weighted by Gasteiger charge is 2.12. The van der Waals surface area contributed by atoms with Gasteiger partial charge in [-0.2, -0.15) is 0 Å². The molecule has 0 heterocycles. The van der Waals surface area contributed by atoms with E-state index in [1.165, 1.54) is 14.7 Å². The van der Waals surface area contributed by atoms with Crippen molar-refractivity contribution in [2.75, 3.05) is 0 Å². The number of aryl methyl sites for hydroxylation is 1. The SMILES string of the molecule is Cc1ccc(I)cc1C(N)C(C)C. The summed E-state index contributed by atoms with van der Waals surface area (Å²) in [6, 6.07) is 6.60. The molecule has 1 atom stereocenters. The monoisotopic (exact) mass is 289 g/mol. The summed E-state index contributed by atoms with van der Waals surface area (Å²) < 4.78 is 1.26. The predicted molar refractivity (Wildman–Crippen MR) is 65.7 cm³/mol. The van der Waals surface area contributed by atoms with Gasteiger partial charge in [0.1, 0.15) is 0 Å². The van der Waals surface area contributed by atoms with Crippen LogP contribution in [-0.2, 0) is 0 Å². The molecule has 0 radical (unpaired) electrons. The zero-order valence-electron chi connectivity index (χ0n) is 8.34. The van der Waals surface area contributed by atoms with Crippen molar-refractivity contribution in [2.24, 2.45) is 11.7 Å². The summed E-state index contributed by atoms with van der Waals surface area (Å²) >= 11 is 2.32. The smallest absolute Gasteiger partial charge is 0.0321 e. The van der Waals surface area contributed by atoms with Gasteiger partial charge >= 0.3 is 0 Å². The molecule has 2 heteroatoms. The largest absolute Gasteiger partial charge is 0.324 e. The lowest BCUT2D eigenvalue weighted by atomic mass is 9.94. The highest BCUT2D eigenvalue weighted by molar-refractivity contribution is 14.1. The molecular weight excluding hydrogens is 273 g/mol. The second-order valence-electron chi connectivity index (χ2n) is 3.77. The van der Waals surface area contributed by atoms with Gasteiger partial charge in [-0.05, 0) is 58.7 Å². The minimum Gasteiger partial charge on any atom is -0.324 e. The predicted octanol–water partition coefficient (Wildman–Crippen LogP) is 3.26. The van der Waals surface area contributed by atoms with Crippen molar-refractivity contribution in [3.05, 3.63) is 32.9 Å². The summed E-state index contributed by atoms with van der Waals surface area (Å²) in [6.07, 6.45) is 0. The molecule has 2 N–H and O–H groups in total.